The molecule has 2 aromatic rings. The highest BCUT2D eigenvalue weighted by Crippen LogP contribution is 2.23. The third-order valence-electron chi connectivity index (χ3n) is 2.29. The van der Waals surface area contributed by atoms with Crippen molar-refractivity contribution < 1.29 is 19.1 Å². The maximum absolute atomic E-state index is 10.5. The minimum absolute atomic E-state index is 0.344. The molecule has 0 saturated heterocycles. The summed E-state index contributed by atoms with van der Waals surface area (Å²) in [5.41, 5.74) is 5.47. The largest absolute Gasteiger partial charge is 0.457 e. The Morgan fingerprint density at radius 1 is 0.895 bits per heavy atom. The first kappa shape index (κ1) is 12.6. The monoisotopic (exact) mass is 257 g/mol. The molecule has 2 rings (SSSR count). The van der Waals surface area contributed by atoms with Crippen LogP contribution in [0.2, 0.25) is 0 Å². The van der Waals surface area contributed by atoms with Crippen molar-refractivity contribution in [2.24, 2.45) is 5.73 Å². The molecule has 0 radical (unpaired) electrons. The van der Waals surface area contributed by atoms with Crippen LogP contribution in [0.4, 0.5) is 4.79 Å². The van der Waals surface area contributed by atoms with Gasteiger partial charge in [0.1, 0.15) is 23.5 Å². The molecule has 0 heterocycles. The molecule has 0 bridgehead atoms. The Labute approximate surface area is 109 Å². The SMILES string of the molecule is NC(=O)Oc1ccc(Oc2ccc(C=O)cc2)cc1. The first-order chi connectivity index (χ1) is 9.17. The van der Waals surface area contributed by atoms with Gasteiger partial charge in [0.15, 0.2) is 0 Å². The zero-order valence-corrected chi connectivity index (χ0v) is 9.91. The Morgan fingerprint density at radius 3 is 1.84 bits per heavy atom. The maximum atomic E-state index is 10.5. The van der Waals surface area contributed by atoms with Crippen molar-refractivity contribution in [3.8, 4) is 17.2 Å². The second-order valence-corrected chi connectivity index (χ2v) is 3.68. The highest BCUT2D eigenvalue weighted by Gasteiger charge is 2.01. The van der Waals surface area contributed by atoms with E-state index in [1.165, 1.54) is 0 Å². The number of ether oxygens (including phenoxy) is 2. The summed E-state index contributed by atoms with van der Waals surface area (Å²) in [4.78, 5) is 21.1. The molecule has 0 unspecified atom stereocenters. The Morgan fingerprint density at radius 2 is 1.37 bits per heavy atom. The summed E-state index contributed by atoms with van der Waals surface area (Å²) in [6.45, 7) is 0. The summed E-state index contributed by atoms with van der Waals surface area (Å²) >= 11 is 0. The summed E-state index contributed by atoms with van der Waals surface area (Å²) < 4.78 is 10.2. The third kappa shape index (κ3) is 3.57. The van der Waals surface area contributed by atoms with Crippen molar-refractivity contribution in [3.05, 3.63) is 54.1 Å². The van der Waals surface area contributed by atoms with Gasteiger partial charge in [0, 0.05) is 5.56 Å². The van der Waals surface area contributed by atoms with E-state index < -0.39 is 6.09 Å². The predicted octanol–water partition coefficient (Wildman–Crippen LogP) is 2.75. The lowest BCUT2D eigenvalue weighted by Crippen LogP contribution is -2.16. The number of rotatable bonds is 4. The van der Waals surface area contributed by atoms with E-state index in [-0.39, 0.29) is 0 Å². The summed E-state index contributed by atoms with van der Waals surface area (Å²) in [6, 6.07) is 13.1. The standard InChI is InChI=1S/C14H11NO4/c15-14(17)19-13-7-5-12(6-8-13)18-11-3-1-10(9-16)2-4-11/h1-9H,(H2,15,17). The van der Waals surface area contributed by atoms with Crippen molar-refractivity contribution in [1.82, 2.24) is 0 Å². The summed E-state index contributed by atoms with van der Waals surface area (Å²) in [7, 11) is 0. The van der Waals surface area contributed by atoms with Crippen molar-refractivity contribution in [1.29, 1.82) is 0 Å². The van der Waals surface area contributed by atoms with Gasteiger partial charge in [-0.3, -0.25) is 4.79 Å². The molecule has 19 heavy (non-hydrogen) atoms. The third-order valence-corrected chi connectivity index (χ3v) is 2.29. The first-order valence-corrected chi connectivity index (χ1v) is 5.48. The lowest BCUT2D eigenvalue weighted by molar-refractivity contribution is 0.112. The van der Waals surface area contributed by atoms with Gasteiger partial charge in [-0.05, 0) is 48.5 Å². The van der Waals surface area contributed by atoms with Crippen LogP contribution >= 0.6 is 0 Å². The second kappa shape index (κ2) is 5.68. The van der Waals surface area contributed by atoms with Gasteiger partial charge < -0.3 is 15.2 Å². The number of amides is 1. The molecule has 0 aromatic heterocycles. The second-order valence-electron chi connectivity index (χ2n) is 3.68. The van der Waals surface area contributed by atoms with Crippen molar-refractivity contribution in [2.45, 2.75) is 0 Å². The molecule has 0 fully saturated rings. The van der Waals surface area contributed by atoms with Crippen molar-refractivity contribution in [2.75, 3.05) is 0 Å². The molecule has 0 aliphatic rings. The predicted molar refractivity (Wildman–Crippen MR) is 68.6 cm³/mol. The fourth-order valence-corrected chi connectivity index (χ4v) is 1.44. The number of hydrogen-bond acceptors (Lipinski definition) is 4. The van der Waals surface area contributed by atoms with E-state index in [9.17, 15) is 9.59 Å². The van der Waals surface area contributed by atoms with E-state index in [0.717, 1.165) is 6.29 Å². The Kier molecular flexibility index (Phi) is 3.78. The van der Waals surface area contributed by atoms with Gasteiger partial charge in [0.2, 0.25) is 0 Å². The minimum atomic E-state index is -0.863. The van der Waals surface area contributed by atoms with Crippen LogP contribution < -0.4 is 15.2 Å². The van der Waals surface area contributed by atoms with Crippen LogP contribution in [0.25, 0.3) is 0 Å². The average molecular weight is 257 g/mol. The highest BCUT2D eigenvalue weighted by molar-refractivity contribution is 5.74. The normalized spacial score (nSPS) is 9.68. The van der Waals surface area contributed by atoms with E-state index >= 15 is 0 Å². The van der Waals surface area contributed by atoms with Crippen LogP contribution in [0, 0.1) is 0 Å². The molecule has 0 saturated carbocycles. The molecule has 1 amide bonds. The van der Waals surface area contributed by atoms with E-state index in [1.54, 1.807) is 48.5 Å². The van der Waals surface area contributed by atoms with Gasteiger partial charge >= 0.3 is 6.09 Å². The Balaban J connectivity index is 2.05. The topological polar surface area (TPSA) is 78.6 Å². The van der Waals surface area contributed by atoms with Crippen LogP contribution in [-0.4, -0.2) is 12.4 Å². The zero-order chi connectivity index (χ0) is 13.7. The fourth-order valence-electron chi connectivity index (χ4n) is 1.44. The quantitative estimate of drug-likeness (QED) is 0.854. The molecule has 5 nitrogen and oxygen atoms in total. The van der Waals surface area contributed by atoms with Gasteiger partial charge in [-0.15, -0.1) is 0 Å². The average Bonchev–Trinajstić information content (AvgIpc) is 2.41. The van der Waals surface area contributed by atoms with E-state index in [2.05, 4.69) is 0 Å². The molecule has 0 aliphatic carbocycles. The summed E-state index contributed by atoms with van der Waals surface area (Å²) in [6.07, 6.45) is -0.0992. The number of nitrogens with two attached hydrogens (primary N) is 1. The molecule has 96 valence electrons. The molecular formula is C14H11NO4. The number of carbonyl (C=O) groups excluding carboxylic acids is 2. The van der Waals surface area contributed by atoms with Crippen LogP contribution in [-0.2, 0) is 0 Å². The Hall–Kier alpha value is -2.82. The molecule has 2 aromatic carbocycles. The molecular weight excluding hydrogens is 246 g/mol. The van der Waals surface area contributed by atoms with Gasteiger partial charge in [0.05, 0.1) is 0 Å². The van der Waals surface area contributed by atoms with Gasteiger partial charge in [-0.1, -0.05) is 0 Å². The van der Waals surface area contributed by atoms with E-state index in [1.807, 2.05) is 0 Å². The number of carbonyl (C=O) groups is 2. The summed E-state index contributed by atoms with van der Waals surface area (Å²) in [5.74, 6) is 1.53. The molecule has 0 spiro atoms. The van der Waals surface area contributed by atoms with Gasteiger partial charge in [-0.2, -0.15) is 0 Å². The Bertz CT molecular complexity index is 575. The molecule has 2 N–H and O–H groups in total. The number of benzene rings is 2. The van der Waals surface area contributed by atoms with Crippen molar-refractivity contribution in [3.63, 3.8) is 0 Å². The number of hydrogen-bond donors (Lipinski definition) is 1. The van der Waals surface area contributed by atoms with E-state index in [0.29, 0.717) is 22.8 Å². The lowest BCUT2D eigenvalue weighted by Gasteiger charge is -2.06. The zero-order valence-electron chi connectivity index (χ0n) is 9.91. The van der Waals surface area contributed by atoms with Crippen LogP contribution in [0.1, 0.15) is 10.4 Å². The number of aldehydes is 1. The van der Waals surface area contributed by atoms with Crippen molar-refractivity contribution >= 4 is 12.4 Å². The lowest BCUT2D eigenvalue weighted by atomic mass is 10.2. The fraction of sp³-hybridized carbons (Fsp3) is 0. The van der Waals surface area contributed by atoms with Gasteiger partial charge in [-0.25, -0.2) is 4.79 Å². The molecule has 0 aliphatic heterocycles. The van der Waals surface area contributed by atoms with Crippen LogP contribution in [0.5, 0.6) is 17.2 Å². The summed E-state index contributed by atoms with van der Waals surface area (Å²) in [5, 5.41) is 0. The van der Waals surface area contributed by atoms with Gasteiger partial charge in [0.25, 0.3) is 0 Å². The highest BCUT2D eigenvalue weighted by atomic mass is 16.5. The smallest absolute Gasteiger partial charge is 0.409 e. The number of primary amides is 1. The minimum Gasteiger partial charge on any atom is -0.457 e. The first-order valence-electron chi connectivity index (χ1n) is 5.48. The van der Waals surface area contributed by atoms with Crippen LogP contribution in [0.3, 0.4) is 0 Å². The molecule has 0 atom stereocenters. The molecule has 5 heteroatoms. The maximum Gasteiger partial charge on any atom is 0.409 e. The van der Waals surface area contributed by atoms with E-state index in [4.69, 9.17) is 15.2 Å². The van der Waals surface area contributed by atoms with Crippen LogP contribution in [0.15, 0.2) is 48.5 Å².